The van der Waals surface area contributed by atoms with Crippen LogP contribution >= 0.6 is 0 Å². The average molecular weight is 555 g/mol. The predicted molar refractivity (Wildman–Crippen MR) is 152 cm³/mol. The molecule has 1 aliphatic heterocycles. The van der Waals surface area contributed by atoms with Crippen LogP contribution in [-0.4, -0.2) is 67.4 Å². The van der Waals surface area contributed by atoms with Gasteiger partial charge in [-0.05, 0) is 96.1 Å². The van der Waals surface area contributed by atoms with E-state index in [2.05, 4.69) is 49.3 Å². The average Bonchev–Trinajstić information content (AvgIpc) is 3.32. The summed E-state index contributed by atoms with van der Waals surface area (Å²) < 4.78 is 31.3. The predicted octanol–water partition coefficient (Wildman–Crippen LogP) is 5.95. The number of carbonyl (C=O) groups is 2. The van der Waals surface area contributed by atoms with Crippen LogP contribution in [0, 0.1) is 11.7 Å². The minimum absolute atomic E-state index is 0.0205. The van der Waals surface area contributed by atoms with Gasteiger partial charge in [0.2, 0.25) is 0 Å². The van der Waals surface area contributed by atoms with Gasteiger partial charge in [-0.1, -0.05) is 30.3 Å². The number of carbonyl (C=O) groups excluding carboxylic acids is 2. The normalized spacial score (nSPS) is 25.1. The quantitative estimate of drug-likeness (QED) is 0.395. The van der Waals surface area contributed by atoms with Crippen LogP contribution in [0.5, 0.6) is 5.75 Å². The lowest BCUT2D eigenvalue weighted by Crippen LogP contribution is -2.44. The van der Waals surface area contributed by atoms with Gasteiger partial charge in [-0.15, -0.1) is 0 Å². The lowest BCUT2D eigenvalue weighted by molar-refractivity contribution is -0.145. The number of esters is 1. The number of nitrogens with zero attached hydrogens (tertiary/aromatic N) is 2. The number of likely N-dealkylation sites (tertiary alicyclic amines) is 1. The molecule has 1 heterocycles. The second kappa shape index (κ2) is 12.2. The Kier molecular flexibility index (Phi) is 9.08. The third kappa shape index (κ3) is 6.95. The molecule has 0 unspecified atom stereocenters. The van der Waals surface area contributed by atoms with Crippen LogP contribution in [0.2, 0.25) is 0 Å². The van der Waals surface area contributed by atoms with Crippen molar-refractivity contribution < 1.29 is 28.2 Å². The molecular weight excluding hydrogens is 511 g/mol. The minimum Gasteiger partial charge on any atom is -0.488 e. The molecule has 1 saturated heterocycles. The van der Waals surface area contributed by atoms with Crippen LogP contribution in [0.4, 0.5) is 9.18 Å². The van der Waals surface area contributed by atoms with Crippen LogP contribution < -0.4 is 4.74 Å². The summed E-state index contributed by atoms with van der Waals surface area (Å²) in [5.74, 6) is -0.0399. The number of methoxy groups -OCH3 is 1. The highest BCUT2D eigenvalue weighted by Gasteiger charge is 2.43. The molecule has 2 atom stereocenters. The molecule has 0 aromatic heterocycles. The summed E-state index contributed by atoms with van der Waals surface area (Å²) in [7, 11) is 5.60. The van der Waals surface area contributed by atoms with E-state index in [1.807, 2.05) is 6.07 Å². The minimum atomic E-state index is -0.818. The number of amides is 1. The van der Waals surface area contributed by atoms with E-state index >= 15 is 0 Å². The molecule has 4 rings (SSSR count). The summed E-state index contributed by atoms with van der Waals surface area (Å²) in [4.78, 5) is 28.9. The second-order valence-electron chi connectivity index (χ2n) is 12.4. The molecular formula is C32H43FN2O5. The number of rotatable bonds is 7. The number of hydrogen-bond donors (Lipinski definition) is 0. The highest BCUT2D eigenvalue weighted by molar-refractivity contribution is 5.82. The fourth-order valence-electron chi connectivity index (χ4n) is 6.20. The van der Waals surface area contributed by atoms with Gasteiger partial charge in [0.1, 0.15) is 29.3 Å². The van der Waals surface area contributed by atoms with Crippen LogP contribution in [0.3, 0.4) is 0 Å². The van der Waals surface area contributed by atoms with Crippen molar-refractivity contribution in [3.63, 3.8) is 0 Å². The van der Waals surface area contributed by atoms with E-state index in [0.717, 1.165) is 37.7 Å². The Balaban J connectivity index is 1.42. The van der Waals surface area contributed by atoms with Gasteiger partial charge in [0.25, 0.3) is 0 Å². The van der Waals surface area contributed by atoms with Gasteiger partial charge in [-0.3, -0.25) is 9.80 Å². The summed E-state index contributed by atoms with van der Waals surface area (Å²) in [6, 6.07) is 14.7. The van der Waals surface area contributed by atoms with E-state index in [0.29, 0.717) is 11.7 Å². The SMILES string of the molecule is COC(=O)[C@@H]1C[C@H](Oc2cc(F)cc(CC3CCC(c4ccccc4)(N(C)C)CC3)c2)CN1C(=O)OC(C)(C)C. The Hall–Kier alpha value is -3.13. The van der Waals surface area contributed by atoms with Crippen molar-refractivity contribution in [2.75, 3.05) is 27.7 Å². The van der Waals surface area contributed by atoms with E-state index in [-0.39, 0.29) is 24.3 Å². The van der Waals surface area contributed by atoms with Gasteiger partial charge in [0.05, 0.1) is 13.7 Å². The van der Waals surface area contributed by atoms with Gasteiger partial charge >= 0.3 is 12.1 Å². The molecule has 0 bridgehead atoms. The molecule has 0 spiro atoms. The first-order valence-electron chi connectivity index (χ1n) is 14.2. The third-order valence-electron chi connectivity index (χ3n) is 8.22. The summed E-state index contributed by atoms with van der Waals surface area (Å²) in [6.07, 6.45) is 4.11. The molecule has 2 aliphatic rings. The van der Waals surface area contributed by atoms with E-state index < -0.39 is 29.8 Å². The molecule has 2 fully saturated rings. The van der Waals surface area contributed by atoms with Crippen molar-refractivity contribution in [2.24, 2.45) is 5.92 Å². The number of benzene rings is 2. The Morgan fingerprint density at radius 2 is 1.75 bits per heavy atom. The van der Waals surface area contributed by atoms with Crippen LogP contribution in [0.25, 0.3) is 0 Å². The molecule has 218 valence electrons. The maximum Gasteiger partial charge on any atom is 0.411 e. The summed E-state index contributed by atoms with van der Waals surface area (Å²) in [5.41, 5.74) is 1.55. The zero-order valence-corrected chi connectivity index (χ0v) is 24.6. The maximum atomic E-state index is 14.7. The third-order valence-corrected chi connectivity index (χ3v) is 8.22. The monoisotopic (exact) mass is 554 g/mol. The zero-order chi connectivity index (χ0) is 29.1. The van der Waals surface area contributed by atoms with Crippen LogP contribution in [-0.2, 0) is 26.2 Å². The highest BCUT2D eigenvalue weighted by Crippen LogP contribution is 2.44. The Bertz CT molecular complexity index is 1170. The van der Waals surface area contributed by atoms with Gasteiger partial charge in [-0.25, -0.2) is 14.0 Å². The highest BCUT2D eigenvalue weighted by atomic mass is 19.1. The first-order valence-corrected chi connectivity index (χ1v) is 14.2. The Labute approximate surface area is 237 Å². The fraction of sp³-hybridized carbons (Fsp3) is 0.562. The van der Waals surface area contributed by atoms with Crippen molar-refractivity contribution >= 4 is 12.1 Å². The molecule has 7 nitrogen and oxygen atoms in total. The van der Waals surface area contributed by atoms with E-state index in [1.54, 1.807) is 26.8 Å². The largest absolute Gasteiger partial charge is 0.488 e. The Morgan fingerprint density at radius 1 is 1.07 bits per heavy atom. The summed E-state index contributed by atoms with van der Waals surface area (Å²) >= 11 is 0. The lowest BCUT2D eigenvalue weighted by atomic mass is 9.70. The first kappa shape index (κ1) is 29.8. The van der Waals surface area contributed by atoms with Crippen molar-refractivity contribution in [1.29, 1.82) is 0 Å². The summed E-state index contributed by atoms with van der Waals surface area (Å²) in [6.45, 7) is 5.45. The molecule has 1 amide bonds. The fourth-order valence-corrected chi connectivity index (χ4v) is 6.20. The molecule has 2 aromatic carbocycles. The van der Waals surface area contributed by atoms with Crippen LogP contribution in [0.1, 0.15) is 64.0 Å². The second-order valence-corrected chi connectivity index (χ2v) is 12.4. The van der Waals surface area contributed by atoms with Gasteiger partial charge < -0.3 is 14.2 Å². The molecule has 1 aliphatic carbocycles. The van der Waals surface area contributed by atoms with E-state index in [1.165, 1.54) is 23.6 Å². The molecule has 2 aromatic rings. The Morgan fingerprint density at radius 3 is 2.35 bits per heavy atom. The molecule has 0 N–H and O–H groups in total. The molecule has 1 saturated carbocycles. The van der Waals surface area contributed by atoms with Gasteiger partial charge in [0, 0.05) is 18.0 Å². The topological polar surface area (TPSA) is 68.3 Å². The number of halogens is 1. The van der Waals surface area contributed by atoms with Gasteiger partial charge in [0.15, 0.2) is 0 Å². The van der Waals surface area contributed by atoms with Crippen molar-refractivity contribution in [2.45, 2.75) is 82.6 Å². The van der Waals surface area contributed by atoms with Gasteiger partial charge in [-0.2, -0.15) is 0 Å². The maximum absolute atomic E-state index is 14.7. The van der Waals surface area contributed by atoms with E-state index in [9.17, 15) is 14.0 Å². The summed E-state index contributed by atoms with van der Waals surface area (Å²) in [5, 5.41) is 0. The van der Waals surface area contributed by atoms with Crippen LogP contribution in [0.15, 0.2) is 48.5 Å². The zero-order valence-electron chi connectivity index (χ0n) is 24.6. The molecule has 8 heteroatoms. The standard InChI is InChI=1S/C32H43FN2O5/c1-31(2,3)40-30(37)35-21-27(20-28(35)29(36)38-6)39-26-18-23(17-25(33)19-26)16-22-12-14-32(15-13-22,34(4)5)24-10-8-7-9-11-24/h7-11,17-19,22,27-28H,12-16,20-21H2,1-6H3/t22?,27-,28-,32?/m0/s1. The number of hydrogen-bond acceptors (Lipinski definition) is 6. The smallest absolute Gasteiger partial charge is 0.411 e. The molecule has 40 heavy (non-hydrogen) atoms. The first-order chi connectivity index (χ1) is 18.9. The molecule has 0 radical (unpaired) electrons. The lowest BCUT2D eigenvalue weighted by Gasteiger charge is -2.45. The van der Waals surface area contributed by atoms with Crippen molar-refractivity contribution in [1.82, 2.24) is 9.80 Å². The van der Waals surface area contributed by atoms with Crippen molar-refractivity contribution in [3.05, 3.63) is 65.5 Å². The van der Waals surface area contributed by atoms with Crippen molar-refractivity contribution in [3.8, 4) is 5.75 Å². The van der Waals surface area contributed by atoms with E-state index in [4.69, 9.17) is 14.2 Å². The number of ether oxygens (including phenoxy) is 3.